The molecule has 0 spiro atoms. The standard InChI is InChI=1S/C20H23N7O2S/c1-13-10-15(14(2)27(13)25-11-22-23-12-25)19-18(16-6-4-5-8-21-16)24-20(30)26(19)9-7-17(28)29-3/h4-6,8,10-12,18-19H,7,9H2,1-3H3,(H,24,30)/t18-,19+/m0/s1. The Bertz CT molecular complexity index is 1050. The van der Waals surface area contributed by atoms with Crippen molar-refractivity contribution in [2.75, 3.05) is 13.7 Å². The van der Waals surface area contributed by atoms with Crippen LogP contribution in [-0.2, 0) is 9.53 Å². The first-order chi connectivity index (χ1) is 14.5. The first-order valence-corrected chi connectivity index (χ1v) is 10.0. The lowest BCUT2D eigenvalue weighted by Crippen LogP contribution is -2.32. The lowest BCUT2D eigenvalue weighted by Gasteiger charge is -2.27. The summed E-state index contributed by atoms with van der Waals surface area (Å²) < 4.78 is 8.71. The highest BCUT2D eigenvalue weighted by molar-refractivity contribution is 7.80. The highest BCUT2D eigenvalue weighted by atomic mass is 32.1. The van der Waals surface area contributed by atoms with Crippen molar-refractivity contribution in [1.29, 1.82) is 0 Å². The van der Waals surface area contributed by atoms with Crippen LogP contribution in [0.5, 0.6) is 0 Å². The van der Waals surface area contributed by atoms with Gasteiger partial charge in [0.05, 0.1) is 31.3 Å². The number of carbonyl (C=O) groups is 1. The molecule has 0 radical (unpaired) electrons. The first kappa shape index (κ1) is 20.0. The lowest BCUT2D eigenvalue weighted by molar-refractivity contribution is -0.140. The monoisotopic (exact) mass is 425 g/mol. The number of hydrogen-bond acceptors (Lipinski definition) is 6. The van der Waals surface area contributed by atoms with Gasteiger partial charge in [0.15, 0.2) is 5.11 Å². The Morgan fingerprint density at radius 3 is 2.70 bits per heavy atom. The quantitative estimate of drug-likeness (QED) is 0.473. The van der Waals surface area contributed by atoms with E-state index in [-0.39, 0.29) is 24.5 Å². The van der Waals surface area contributed by atoms with Gasteiger partial charge in [-0.15, -0.1) is 10.2 Å². The van der Waals surface area contributed by atoms with Crippen molar-refractivity contribution in [3.05, 3.63) is 65.8 Å². The van der Waals surface area contributed by atoms with Crippen LogP contribution in [-0.4, -0.2) is 54.2 Å². The normalized spacial score (nSPS) is 18.5. The van der Waals surface area contributed by atoms with Gasteiger partial charge in [0.2, 0.25) is 0 Å². The number of nitrogens with one attached hydrogen (secondary N) is 1. The number of aryl methyl sites for hydroxylation is 1. The van der Waals surface area contributed by atoms with Crippen molar-refractivity contribution < 1.29 is 9.53 Å². The number of methoxy groups -OCH3 is 1. The second-order valence-electron chi connectivity index (χ2n) is 7.13. The summed E-state index contributed by atoms with van der Waals surface area (Å²) in [6.07, 6.45) is 5.34. The molecule has 3 aromatic rings. The number of carbonyl (C=O) groups excluding carboxylic acids is 1. The Morgan fingerprint density at radius 2 is 2.03 bits per heavy atom. The number of thiocarbonyl (C=S) groups is 1. The maximum atomic E-state index is 11.8. The van der Waals surface area contributed by atoms with Crippen molar-refractivity contribution in [2.24, 2.45) is 0 Å². The van der Waals surface area contributed by atoms with Crippen LogP contribution in [0.3, 0.4) is 0 Å². The molecule has 4 rings (SSSR count). The van der Waals surface area contributed by atoms with Crippen LogP contribution in [0, 0.1) is 13.8 Å². The Morgan fingerprint density at radius 1 is 1.27 bits per heavy atom. The molecule has 1 N–H and O–H groups in total. The average molecular weight is 426 g/mol. The topological polar surface area (TPSA) is 90.1 Å². The van der Waals surface area contributed by atoms with E-state index < -0.39 is 0 Å². The van der Waals surface area contributed by atoms with Gasteiger partial charge in [0, 0.05) is 29.7 Å². The molecule has 1 aliphatic heterocycles. The highest BCUT2D eigenvalue weighted by Gasteiger charge is 2.41. The van der Waals surface area contributed by atoms with E-state index >= 15 is 0 Å². The number of ether oxygens (including phenoxy) is 1. The van der Waals surface area contributed by atoms with Crippen LogP contribution in [0.25, 0.3) is 0 Å². The maximum absolute atomic E-state index is 11.8. The number of hydrogen-bond donors (Lipinski definition) is 1. The fourth-order valence-electron chi connectivity index (χ4n) is 4.03. The van der Waals surface area contributed by atoms with Gasteiger partial charge in [-0.3, -0.25) is 14.5 Å². The van der Waals surface area contributed by atoms with Crippen LogP contribution < -0.4 is 5.32 Å². The molecular weight excluding hydrogens is 402 g/mol. The van der Waals surface area contributed by atoms with Crippen molar-refractivity contribution >= 4 is 23.3 Å². The molecule has 3 aromatic heterocycles. The SMILES string of the molecule is COC(=O)CCN1C(=S)N[C@@H](c2ccccn2)[C@H]1c1cc(C)n(-n2cnnc2)c1C. The number of pyridine rings is 1. The van der Waals surface area contributed by atoms with Crippen LogP contribution in [0.4, 0.5) is 0 Å². The predicted octanol–water partition coefficient (Wildman–Crippen LogP) is 1.94. The van der Waals surface area contributed by atoms with Gasteiger partial charge < -0.3 is 15.0 Å². The second-order valence-corrected chi connectivity index (χ2v) is 7.51. The third-order valence-corrected chi connectivity index (χ3v) is 5.72. The molecule has 2 atom stereocenters. The smallest absolute Gasteiger partial charge is 0.307 e. The predicted molar refractivity (Wildman–Crippen MR) is 114 cm³/mol. The molecule has 0 amide bonds. The third kappa shape index (κ3) is 3.54. The molecule has 1 aliphatic rings. The lowest BCUT2D eigenvalue weighted by atomic mass is 9.96. The Balaban J connectivity index is 1.78. The van der Waals surface area contributed by atoms with E-state index in [0.29, 0.717) is 11.7 Å². The fourth-order valence-corrected chi connectivity index (χ4v) is 4.36. The summed E-state index contributed by atoms with van der Waals surface area (Å²) in [7, 11) is 1.39. The van der Waals surface area contributed by atoms with E-state index in [1.165, 1.54) is 7.11 Å². The summed E-state index contributed by atoms with van der Waals surface area (Å²) in [6, 6.07) is 7.69. The molecule has 0 aromatic carbocycles. The minimum absolute atomic E-state index is 0.131. The summed E-state index contributed by atoms with van der Waals surface area (Å²) in [4.78, 5) is 18.4. The zero-order chi connectivity index (χ0) is 21.3. The van der Waals surface area contributed by atoms with E-state index in [2.05, 4.69) is 33.5 Å². The molecule has 0 aliphatic carbocycles. The van der Waals surface area contributed by atoms with Crippen LogP contribution in [0.2, 0.25) is 0 Å². The van der Waals surface area contributed by atoms with Gasteiger partial charge in [-0.25, -0.2) is 4.68 Å². The second kappa shape index (κ2) is 8.23. The summed E-state index contributed by atoms with van der Waals surface area (Å²) in [5.74, 6) is -0.271. The van der Waals surface area contributed by atoms with Crippen LogP contribution in [0.1, 0.15) is 41.1 Å². The summed E-state index contributed by atoms with van der Waals surface area (Å²) in [5, 5.41) is 11.8. The van der Waals surface area contributed by atoms with Crippen LogP contribution in [0.15, 0.2) is 43.1 Å². The van der Waals surface area contributed by atoms with E-state index in [1.54, 1.807) is 18.9 Å². The number of nitrogens with zero attached hydrogens (tertiary/aromatic N) is 6. The number of aromatic nitrogens is 5. The molecule has 0 saturated carbocycles. The van der Waals surface area contributed by atoms with Gasteiger partial charge in [-0.05, 0) is 44.3 Å². The first-order valence-electron chi connectivity index (χ1n) is 9.60. The van der Waals surface area contributed by atoms with E-state index in [4.69, 9.17) is 17.0 Å². The van der Waals surface area contributed by atoms with Gasteiger partial charge in [-0.1, -0.05) is 6.07 Å². The molecule has 10 heteroatoms. The summed E-state index contributed by atoms with van der Waals surface area (Å²) >= 11 is 5.65. The molecule has 4 heterocycles. The Labute approximate surface area is 179 Å². The molecule has 0 unspecified atom stereocenters. The maximum Gasteiger partial charge on any atom is 0.307 e. The minimum Gasteiger partial charge on any atom is -0.469 e. The summed E-state index contributed by atoms with van der Waals surface area (Å²) in [6.45, 7) is 4.53. The van der Waals surface area contributed by atoms with Gasteiger partial charge in [0.25, 0.3) is 0 Å². The molecule has 1 saturated heterocycles. The molecule has 9 nitrogen and oxygen atoms in total. The molecule has 156 valence electrons. The zero-order valence-electron chi connectivity index (χ0n) is 17.0. The largest absolute Gasteiger partial charge is 0.469 e. The van der Waals surface area contributed by atoms with E-state index in [9.17, 15) is 4.79 Å². The van der Waals surface area contributed by atoms with Crippen molar-refractivity contribution in [3.63, 3.8) is 0 Å². The third-order valence-electron chi connectivity index (χ3n) is 5.37. The molecule has 0 bridgehead atoms. The zero-order valence-corrected chi connectivity index (χ0v) is 17.8. The molecular formula is C20H23N7O2S. The number of esters is 1. The average Bonchev–Trinajstić information content (AvgIpc) is 3.45. The minimum atomic E-state index is -0.271. The van der Waals surface area contributed by atoms with Gasteiger partial charge in [-0.2, -0.15) is 0 Å². The van der Waals surface area contributed by atoms with E-state index in [1.807, 2.05) is 39.4 Å². The van der Waals surface area contributed by atoms with Crippen LogP contribution >= 0.6 is 12.2 Å². The van der Waals surface area contributed by atoms with Gasteiger partial charge in [0.1, 0.15) is 12.7 Å². The molecule has 30 heavy (non-hydrogen) atoms. The summed E-state index contributed by atoms with van der Waals surface area (Å²) in [5.41, 5.74) is 4.05. The van der Waals surface area contributed by atoms with Crippen molar-refractivity contribution in [1.82, 2.24) is 34.8 Å². The van der Waals surface area contributed by atoms with Gasteiger partial charge >= 0.3 is 5.97 Å². The Kier molecular flexibility index (Phi) is 5.49. The molecule has 1 fully saturated rings. The number of rotatable bonds is 6. The van der Waals surface area contributed by atoms with Crippen molar-refractivity contribution in [3.8, 4) is 0 Å². The Hall–Kier alpha value is -3.27. The highest BCUT2D eigenvalue weighted by Crippen LogP contribution is 2.40. The fraction of sp³-hybridized carbons (Fsp3) is 0.350. The van der Waals surface area contributed by atoms with Crippen molar-refractivity contribution in [2.45, 2.75) is 32.4 Å². The van der Waals surface area contributed by atoms with E-state index in [0.717, 1.165) is 22.6 Å².